The molecule has 1 unspecified atom stereocenters. The molecule has 0 fully saturated rings. The molecular weight excluding hydrogens is 629 g/mol. The molecule has 4 heterocycles. The lowest BCUT2D eigenvalue weighted by molar-refractivity contribution is 0.569. The molecule has 0 radical (unpaired) electrons. The molecule has 0 spiro atoms. The highest BCUT2D eigenvalue weighted by Crippen LogP contribution is 2.37. The summed E-state index contributed by atoms with van der Waals surface area (Å²) < 4.78 is 15.1. The highest BCUT2D eigenvalue weighted by Gasteiger charge is 2.23. The van der Waals surface area contributed by atoms with Gasteiger partial charge in [-0.1, -0.05) is 91.0 Å². The lowest BCUT2D eigenvalue weighted by Gasteiger charge is -2.14. The molecule has 0 bridgehead atoms. The fourth-order valence-corrected chi connectivity index (χ4v) is 7.80. The van der Waals surface area contributed by atoms with Gasteiger partial charge in [0.1, 0.15) is 28.0 Å². The van der Waals surface area contributed by atoms with Crippen LogP contribution in [0.2, 0.25) is 0 Å². The smallest absolute Gasteiger partial charge is 0.163 e. The van der Waals surface area contributed by atoms with Crippen LogP contribution in [0, 0.1) is 0 Å². The molecule has 6 nitrogen and oxygen atoms in total. The van der Waals surface area contributed by atoms with Gasteiger partial charge in [-0.15, -0.1) is 0 Å². The minimum atomic E-state index is -0.0918. The quantitative estimate of drug-likeness (QED) is 0.189. The standard InChI is InChI=1S/C45H28N4O2/c1-3-11-27(12-4-1)43-46-44(28-19-22-38-34(25-28)32-16-8-10-18-37(32)50-38)48-45(47-43)29-20-23-39-35(26-29)41-40(51-39)24-21-33-31-15-7-9-17-36(31)49(42(33)41)30-13-5-2-6-14-30/h1-19,21-26,29H,20H2. The van der Waals surface area contributed by atoms with E-state index in [1.165, 1.54) is 10.8 Å². The number of hydrogen-bond acceptors (Lipinski definition) is 5. The highest BCUT2D eigenvalue weighted by molar-refractivity contribution is 6.18. The van der Waals surface area contributed by atoms with Gasteiger partial charge < -0.3 is 13.4 Å². The van der Waals surface area contributed by atoms with Crippen LogP contribution >= 0.6 is 0 Å². The Balaban J connectivity index is 1.14. The zero-order valence-corrected chi connectivity index (χ0v) is 27.3. The van der Waals surface area contributed by atoms with Crippen LogP contribution in [0.15, 0.2) is 148 Å². The first-order valence-corrected chi connectivity index (χ1v) is 17.2. The van der Waals surface area contributed by atoms with Crippen molar-refractivity contribution in [2.45, 2.75) is 12.3 Å². The van der Waals surface area contributed by atoms with E-state index in [2.05, 4.69) is 95.6 Å². The van der Waals surface area contributed by atoms with Gasteiger partial charge in [-0.25, -0.2) is 15.0 Å². The van der Waals surface area contributed by atoms with Crippen molar-refractivity contribution >= 4 is 66.9 Å². The molecule has 240 valence electrons. The number of para-hydroxylation sites is 3. The third-order valence-electron chi connectivity index (χ3n) is 10.1. The minimum absolute atomic E-state index is 0.0918. The average molecular weight is 657 g/mol. The van der Waals surface area contributed by atoms with Crippen LogP contribution in [0.4, 0.5) is 0 Å². The number of benzene rings is 6. The number of fused-ring (bicyclic) bond motifs is 10. The summed E-state index contributed by atoms with van der Waals surface area (Å²) in [6, 6.07) is 47.9. The van der Waals surface area contributed by atoms with Crippen molar-refractivity contribution in [1.29, 1.82) is 0 Å². The van der Waals surface area contributed by atoms with Crippen LogP contribution in [-0.4, -0.2) is 19.5 Å². The maximum absolute atomic E-state index is 6.56. The Kier molecular flexibility index (Phi) is 5.98. The molecule has 6 heteroatoms. The minimum Gasteiger partial charge on any atom is -0.456 e. The third kappa shape index (κ3) is 4.33. The van der Waals surface area contributed by atoms with Crippen LogP contribution in [0.3, 0.4) is 0 Å². The molecule has 0 saturated carbocycles. The fraction of sp³-hybridized carbons (Fsp3) is 0.0444. The number of hydrogen-bond donors (Lipinski definition) is 0. The SMILES string of the molecule is C1=c2oc3ccc4c5ccccc5n(-c5ccccc5)c4c3c2=CC(c2nc(-c3ccccc3)nc(-c3ccc4oc5ccccc5c4c3)n2)C1. The highest BCUT2D eigenvalue weighted by atomic mass is 16.3. The van der Waals surface area contributed by atoms with Gasteiger partial charge in [0.25, 0.3) is 0 Å². The summed E-state index contributed by atoms with van der Waals surface area (Å²) in [5.74, 6) is 1.92. The van der Waals surface area contributed by atoms with Gasteiger partial charge in [-0.3, -0.25) is 0 Å². The van der Waals surface area contributed by atoms with Crippen LogP contribution in [0.25, 0.3) is 95.3 Å². The first-order valence-electron chi connectivity index (χ1n) is 17.2. The first-order chi connectivity index (χ1) is 25.3. The van der Waals surface area contributed by atoms with Crippen molar-refractivity contribution in [3.8, 4) is 28.5 Å². The number of nitrogens with zero attached hydrogens (tertiary/aromatic N) is 4. The topological polar surface area (TPSA) is 69.9 Å². The Hall–Kier alpha value is -6.79. The van der Waals surface area contributed by atoms with Gasteiger partial charge in [0.2, 0.25) is 0 Å². The molecular formula is C45H28N4O2. The van der Waals surface area contributed by atoms with E-state index >= 15 is 0 Å². The zero-order chi connectivity index (χ0) is 33.5. The van der Waals surface area contributed by atoms with Crippen LogP contribution in [0.5, 0.6) is 0 Å². The molecule has 11 rings (SSSR count). The summed E-state index contributed by atoms with van der Waals surface area (Å²) in [5, 5.41) is 6.68. The molecule has 0 saturated heterocycles. The van der Waals surface area contributed by atoms with E-state index in [0.717, 1.165) is 77.2 Å². The Morgan fingerprint density at radius 1 is 0.549 bits per heavy atom. The predicted molar refractivity (Wildman–Crippen MR) is 204 cm³/mol. The average Bonchev–Trinajstić information content (AvgIpc) is 3.87. The number of aromatic nitrogens is 4. The van der Waals surface area contributed by atoms with Crippen molar-refractivity contribution < 1.29 is 8.83 Å². The van der Waals surface area contributed by atoms with E-state index < -0.39 is 0 Å². The molecule has 10 aromatic rings. The van der Waals surface area contributed by atoms with E-state index in [4.69, 9.17) is 23.8 Å². The second kappa shape index (κ2) is 10.9. The lowest BCUT2D eigenvalue weighted by Crippen LogP contribution is -2.26. The van der Waals surface area contributed by atoms with Crippen molar-refractivity contribution in [1.82, 2.24) is 19.5 Å². The number of rotatable bonds is 4. The van der Waals surface area contributed by atoms with Gasteiger partial charge >= 0.3 is 0 Å². The van der Waals surface area contributed by atoms with Crippen molar-refractivity contribution in [2.24, 2.45) is 0 Å². The van der Waals surface area contributed by atoms with Crippen LogP contribution < -0.4 is 10.6 Å². The summed E-state index contributed by atoms with van der Waals surface area (Å²) in [6.45, 7) is 0. The fourth-order valence-electron chi connectivity index (χ4n) is 7.80. The van der Waals surface area contributed by atoms with Gasteiger partial charge in [-0.2, -0.15) is 0 Å². The lowest BCUT2D eigenvalue weighted by atomic mass is 9.97. The van der Waals surface area contributed by atoms with E-state index in [1.54, 1.807) is 0 Å². The summed E-state index contributed by atoms with van der Waals surface area (Å²) >= 11 is 0. The van der Waals surface area contributed by atoms with Crippen LogP contribution in [-0.2, 0) is 0 Å². The van der Waals surface area contributed by atoms with E-state index in [1.807, 2.05) is 60.7 Å². The molecule has 51 heavy (non-hydrogen) atoms. The third-order valence-corrected chi connectivity index (χ3v) is 10.1. The molecule has 0 amide bonds. The van der Waals surface area contributed by atoms with Crippen LogP contribution in [0.1, 0.15) is 18.2 Å². The molecule has 0 N–H and O–H groups in total. The molecule has 4 aromatic heterocycles. The molecule has 1 aliphatic carbocycles. The number of furan rings is 2. The van der Waals surface area contributed by atoms with E-state index in [0.29, 0.717) is 18.1 Å². The predicted octanol–water partition coefficient (Wildman–Crippen LogP) is 9.70. The van der Waals surface area contributed by atoms with Gasteiger partial charge in [-0.05, 0) is 67.1 Å². The van der Waals surface area contributed by atoms with Gasteiger partial charge in [0, 0.05) is 49.5 Å². The first kappa shape index (κ1) is 28.1. The normalized spacial score (nSPS) is 14.3. The van der Waals surface area contributed by atoms with Gasteiger partial charge in [0.05, 0.1) is 16.4 Å². The maximum Gasteiger partial charge on any atom is 0.163 e. The van der Waals surface area contributed by atoms with Gasteiger partial charge in [0.15, 0.2) is 11.6 Å². The second-order valence-electron chi connectivity index (χ2n) is 13.1. The van der Waals surface area contributed by atoms with E-state index in [-0.39, 0.29) is 5.92 Å². The summed E-state index contributed by atoms with van der Waals surface area (Å²) in [5.41, 5.74) is 8.72. The molecule has 1 aliphatic rings. The monoisotopic (exact) mass is 656 g/mol. The molecule has 6 aromatic carbocycles. The molecule has 0 aliphatic heterocycles. The summed E-state index contributed by atoms with van der Waals surface area (Å²) in [4.78, 5) is 15.3. The Bertz CT molecular complexity index is 3120. The summed E-state index contributed by atoms with van der Waals surface area (Å²) in [6.07, 6.45) is 5.20. The maximum atomic E-state index is 6.56. The molecule has 1 atom stereocenters. The van der Waals surface area contributed by atoms with Crippen molar-refractivity contribution in [3.05, 3.63) is 156 Å². The zero-order valence-electron chi connectivity index (χ0n) is 27.3. The van der Waals surface area contributed by atoms with Crippen molar-refractivity contribution in [2.75, 3.05) is 0 Å². The Morgan fingerprint density at radius 3 is 2.12 bits per heavy atom. The van der Waals surface area contributed by atoms with E-state index in [9.17, 15) is 0 Å². The Morgan fingerprint density at radius 2 is 1.25 bits per heavy atom. The Labute approximate surface area is 291 Å². The largest absolute Gasteiger partial charge is 0.456 e. The summed E-state index contributed by atoms with van der Waals surface area (Å²) in [7, 11) is 0. The second-order valence-corrected chi connectivity index (χ2v) is 13.1. The van der Waals surface area contributed by atoms with Crippen molar-refractivity contribution in [3.63, 3.8) is 0 Å².